The van der Waals surface area contributed by atoms with Gasteiger partial charge >= 0.3 is 0 Å². The second kappa shape index (κ2) is 6.87. The summed E-state index contributed by atoms with van der Waals surface area (Å²) in [5.74, 6) is 1.79. The molecule has 0 aliphatic heterocycles. The highest BCUT2D eigenvalue weighted by Gasteiger charge is 2.25. The summed E-state index contributed by atoms with van der Waals surface area (Å²) in [7, 11) is 0. The SMILES string of the molecule is Cc1ccccc1C(=O)Nc1ncc(Br)c(Nc2cc(C3CC3)[nH]n2)n1. The van der Waals surface area contributed by atoms with Gasteiger partial charge in [0.2, 0.25) is 5.95 Å². The first-order chi connectivity index (χ1) is 12.6. The molecule has 1 fully saturated rings. The summed E-state index contributed by atoms with van der Waals surface area (Å²) in [5.41, 5.74) is 2.62. The van der Waals surface area contributed by atoms with Crippen LogP contribution in [-0.2, 0) is 0 Å². The zero-order valence-corrected chi connectivity index (χ0v) is 15.7. The zero-order chi connectivity index (χ0) is 18.1. The van der Waals surface area contributed by atoms with E-state index in [9.17, 15) is 4.79 Å². The molecule has 132 valence electrons. The number of benzene rings is 1. The lowest BCUT2D eigenvalue weighted by atomic mass is 10.1. The van der Waals surface area contributed by atoms with Crippen molar-refractivity contribution in [3.8, 4) is 0 Å². The van der Waals surface area contributed by atoms with Crippen molar-refractivity contribution in [2.45, 2.75) is 25.7 Å². The molecule has 1 aromatic carbocycles. The van der Waals surface area contributed by atoms with Crippen LogP contribution in [0, 0.1) is 6.92 Å². The third-order valence-electron chi connectivity index (χ3n) is 4.22. The van der Waals surface area contributed by atoms with Gasteiger partial charge in [0.25, 0.3) is 5.91 Å². The van der Waals surface area contributed by atoms with Crippen molar-refractivity contribution in [3.05, 3.63) is 57.8 Å². The molecule has 26 heavy (non-hydrogen) atoms. The van der Waals surface area contributed by atoms with Crippen LogP contribution >= 0.6 is 15.9 Å². The van der Waals surface area contributed by atoms with Crippen LogP contribution in [0.4, 0.5) is 17.6 Å². The second-order valence-electron chi connectivity index (χ2n) is 6.27. The average molecular weight is 413 g/mol. The van der Waals surface area contributed by atoms with E-state index in [0.29, 0.717) is 27.6 Å². The van der Waals surface area contributed by atoms with Gasteiger partial charge in [-0.25, -0.2) is 4.98 Å². The number of aryl methyl sites for hydroxylation is 1. The van der Waals surface area contributed by atoms with Gasteiger partial charge in [0.1, 0.15) is 0 Å². The van der Waals surface area contributed by atoms with Crippen LogP contribution < -0.4 is 10.6 Å². The average Bonchev–Trinajstić information content (AvgIpc) is 3.38. The number of carbonyl (C=O) groups excluding carboxylic acids is 1. The molecule has 0 radical (unpaired) electrons. The maximum atomic E-state index is 12.4. The number of hydrogen-bond acceptors (Lipinski definition) is 5. The number of rotatable bonds is 5. The largest absolute Gasteiger partial charge is 0.322 e. The molecule has 0 bridgehead atoms. The van der Waals surface area contributed by atoms with E-state index in [2.05, 4.69) is 46.7 Å². The summed E-state index contributed by atoms with van der Waals surface area (Å²) < 4.78 is 0.683. The number of amides is 1. The fourth-order valence-electron chi connectivity index (χ4n) is 2.64. The minimum atomic E-state index is -0.243. The van der Waals surface area contributed by atoms with E-state index in [0.717, 1.165) is 11.3 Å². The zero-order valence-electron chi connectivity index (χ0n) is 14.1. The van der Waals surface area contributed by atoms with Gasteiger partial charge in [0.15, 0.2) is 11.6 Å². The Hall–Kier alpha value is -2.74. The predicted molar refractivity (Wildman–Crippen MR) is 103 cm³/mol. The minimum Gasteiger partial charge on any atom is -0.322 e. The van der Waals surface area contributed by atoms with E-state index in [1.165, 1.54) is 12.8 Å². The normalized spacial score (nSPS) is 13.5. The van der Waals surface area contributed by atoms with Gasteiger partial charge < -0.3 is 5.32 Å². The van der Waals surface area contributed by atoms with Crippen LogP contribution in [0.5, 0.6) is 0 Å². The van der Waals surface area contributed by atoms with Gasteiger partial charge in [0, 0.05) is 29.4 Å². The highest BCUT2D eigenvalue weighted by Crippen LogP contribution is 2.39. The van der Waals surface area contributed by atoms with Crippen LogP contribution in [0.25, 0.3) is 0 Å². The molecule has 3 aromatic rings. The Bertz CT molecular complexity index is 966. The molecule has 1 saturated carbocycles. The Balaban J connectivity index is 1.51. The summed E-state index contributed by atoms with van der Waals surface area (Å²) in [6.45, 7) is 1.89. The lowest BCUT2D eigenvalue weighted by Gasteiger charge is -2.09. The molecule has 2 heterocycles. The van der Waals surface area contributed by atoms with Crippen molar-refractivity contribution in [1.29, 1.82) is 0 Å². The molecule has 2 aromatic heterocycles. The molecule has 1 amide bonds. The van der Waals surface area contributed by atoms with Crippen LogP contribution in [0.3, 0.4) is 0 Å². The van der Waals surface area contributed by atoms with Gasteiger partial charge in [0.05, 0.1) is 4.47 Å². The fourth-order valence-corrected chi connectivity index (χ4v) is 2.93. The second-order valence-corrected chi connectivity index (χ2v) is 7.12. The molecular weight excluding hydrogens is 396 g/mol. The van der Waals surface area contributed by atoms with Gasteiger partial charge in [-0.15, -0.1) is 0 Å². The first-order valence-corrected chi connectivity index (χ1v) is 9.11. The Labute approximate surface area is 158 Å². The van der Waals surface area contributed by atoms with E-state index < -0.39 is 0 Å². The summed E-state index contributed by atoms with van der Waals surface area (Å²) in [5, 5.41) is 13.2. The molecular formula is C18H17BrN6O. The van der Waals surface area contributed by atoms with E-state index in [-0.39, 0.29) is 11.9 Å². The number of carbonyl (C=O) groups is 1. The smallest absolute Gasteiger partial charge is 0.258 e. The number of aromatic amines is 1. The monoisotopic (exact) mass is 412 g/mol. The standard InChI is InChI=1S/C18H17BrN6O/c1-10-4-2-3-5-12(10)17(26)23-18-20-9-13(19)16(22-18)21-15-8-14(24-25-15)11-6-7-11/h2-5,8-9,11H,6-7H2,1H3,(H3,20,21,22,23,24,25,26). The first kappa shape index (κ1) is 16.7. The van der Waals surface area contributed by atoms with Crippen molar-refractivity contribution in [2.24, 2.45) is 0 Å². The third-order valence-corrected chi connectivity index (χ3v) is 4.80. The van der Waals surface area contributed by atoms with E-state index in [1.54, 1.807) is 12.3 Å². The summed E-state index contributed by atoms with van der Waals surface area (Å²) in [4.78, 5) is 21.0. The Morgan fingerprint density at radius 1 is 1.31 bits per heavy atom. The molecule has 1 aliphatic rings. The maximum Gasteiger partial charge on any atom is 0.258 e. The number of H-pyrrole nitrogens is 1. The van der Waals surface area contributed by atoms with Crippen LogP contribution in [0.1, 0.15) is 40.4 Å². The maximum absolute atomic E-state index is 12.4. The fraction of sp³-hybridized carbons (Fsp3) is 0.222. The van der Waals surface area contributed by atoms with Gasteiger partial charge in [-0.3, -0.25) is 15.2 Å². The van der Waals surface area contributed by atoms with Gasteiger partial charge in [-0.1, -0.05) is 18.2 Å². The number of aromatic nitrogens is 4. The van der Waals surface area contributed by atoms with Crippen molar-refractivity contribution < 1.29 is 4.79 Å². The highest BCUT2D eigenvalue weighted by molar-refractivity contribution is 9.10. The van der Waals surface area contributed by atoms with E-state index in [4.69, 9.17) is 0 Å². The molecule has 8 heteroatoms. The van der Waals surface area contributed by atoms with E-state index >= 15 is 0 Å². The third kappa shape index (κ3) is 3.60. The van der Waals surface area contributed by atoms with E-state index in [1.807, 2.05) is 31.2 Å². The molecule has 0 unspecified atom stereocenters. The number of nitrogens with one attached hydrogen (secondary N) is 3. The number of hydrogen-bond donors (Lipinski definition) is 3. The van der Waals surface area contributed by atoms with Gasteiger partial charge in [-0.05, 0) is 47.3 Å². The number of nitrogens with zero attached hydrogens (tertiary/aromatic N) is 3. The minimum absolute atomic E-state index is 0.224. The van der Waals surface area contributed by atoms with Crippen LogP contribution in [0.15, 0.2) is 41.0 Å². The quantitative estimate of drug-likeness (QED) is 0.584. The molecule has 0 spiro atoms. The molecule has 0 saturated heterocycles. The van der Waals surface area contributed by atoms with Crippen molar-refractivity contribution in [1.82, 2.24) is 20.2 Å². The molecule has 0 atom stereocenters. The van der Waals surface area contributed by atoms with Crippen LogP contribution in [0.2, 0.25) is 0 Å². The van der Waals surface area contributed by atoms with Gasteiger partial charge in [-0.2, -0.15) is 10.1 Å². The topological polar surface area (TPSA) is 95.6 Å². The Kier molecular flexibility index (Phi) is 4.42. The summed E-state index contributed by atoms with van der Waals surface area (Å²) >= 11 is 3.42. The highest BCUT2D eigenvalue weighted by atomic mass is 79.9. The molecule has 7 nitrogen and oxygen atoms in total. The predicted octanol–water partition coefficient (Wildman–Crippen LogP) is 4.14. The van der Waals surface area contributed by atoms with Crippen molar-refractivity contribution in [3.63, 3.8) is 0 Å². The first-order valence-electron chi connectivity index (χ1n) is 8.32. The number of halogens is 1. The molecule has 3 N–H and O–H groups in total. The lowest BCUT2D eigenvalue weighted by molar-refractivity contribution is 0.102. The molecule has 1 aliphatic carbocycles. The molecule has 4 rings (SSSR count). The lowest BCUT2D eigenvalue weighted by Crippen LogP contribution is -2.15. The summed E-state index contributed by atoms with van der Waals surface area (Å²) in [6.07, 6.45) is 4.00. The number of anilines is 3. The Morgan fingerprint density at radius 2 is 2.12 bits per heavy atom. The van der Waals surface area contributed by atoms with Crippen molar-refractivity contribution >= 4 is 39.4 Å². The Morgan fingerprint density at radius 3 is 2.88 bits per heavy atom. The van der Waals surface area contributed by atoms with Crippen molar-refractivity contribution in [2.75, 3.05) is 10.6 Å². The van der Waals surface area contributed by atoms with Crippen LogP contribution in [-0.4, -0.2) is 26.1 Å². The summed E-state index contributed by atoms with van der Waals surface area (Å²) in [6, 6.07) is 9.36.